The number of aliphatic hydroxyl groups excluding tert-OH is 2. The van der Waals surface area contributed by atoms with Gasteiger partial charge in [-0.1, -0.05) is 96.8 Å². The summed E-state index contributed by atoms with van der Waals surface area (Å²) in [5.74, 6) is -0.363. The van der Waals surface area contributed by atoms with E-state index in [0.717, 1.165) is 25.6 Å². The number of methoxy groups -OCH3 is 1. The van der Waals surface area contributed by atoms with Crippen LogP contribution in [-0.2, 0) is 97.6 Å². The Morgan fingerprint density at radius 2 is 1.10 bits per heavy atom. The van der Waals surface area contributed by atoms with Crippen molar-refractivity contribution in [2.24, 2.45) is 5.41 Å². The molecule has 3 aliphatic rings. The minimum absolute atomic E-state index is 0.00248. The summed E-state index contributed by atoms with van der Waals surface area (Å²) in [5, 5.41) is 21.2. The fourth-order valence-corrected chi connectivity index (χ4v) is 17.8. The SMILES string of the molecule is CCCCCCCCCCCCCCCCC(C)(C)C(=O)OCCSP(=O)(O)OC1CO[C@@H](n2cnc3c(N)ncnc32)C1OCCCOP(O)(=S)OC1C(O)[C@@H](COP(O)(=S)OC2C(OC)[C@@H](COP(=O)(O)OCCO)O[C@H]2n2cnc3c(N)ncnc32)O[C@H]1n1cnc2c(N)ncnc21. The fourth-order valence-electron chi connectivity index (χ4n) is 11.8. The van der Waals surface area contributed by atoms with E-state index in [4.69, 9.17) is 106 Å². The number of rotatable bonds is 45. The van der Waals surface area contributed by atoms with E-state index < -0.39 is 133 Å². The number of unbranched alkanes of at least 4 members (excludes halogenated alkanes) is 13. The quantitative estimate of drug-likeness (QED) is 0.0108. The number of nitrogens with two attached hydrogens (primary N) is 3. The molecule has 12 N–H and O–H groups in total. The van der Waals surface area contributed by atoms with E-state index in [1.807, 2.05) is 13.8 Å². The van der Waals surface area contributed by atoms with Crippen molar-refractivity contribution in [1.29, 1.82) is 0 Å². The molecule has 564 valence electrons. The van der Waals surface area contributed by atoms with Crippen molar-refractivity contribution in [2.45, 2.75) is 191 Å². The van der Waals surface area contributed by atoms with Crippen molar-refractivity contribution < 1.29 is 104 Å². The zero-order chi connectivity index (χ0) is 72.5. The summed E-state index contributed by atoms with van der Waals surface area (Å²) in [5.41, 5.74) is 18.6. The highest BCUT2D eigenvalue weighted by Gasteiger charge is 2.53. The second-order valence-electron chi connectivity index (χ2n) is 24.8. The van der Waals surface area contributed by atoms with Crippen LogP contribution in [-0.4, -0.2) is 209 Å². The Hall–Kier alpha value is -4.09. The maximum absolute atomic E-state index is 13.8. The fraction of sp³-hybridized carbons (Fsp3) is 0.719. The predicted molar refractivity (Wildman–Crippen MR) is 373 cm³/mol. The number of imidazole rings is 3. The summed E-state index contributed by atoms with van der Waals surface area (Å²) in [6.07, 6.45) is 10.6. The minimum atomic E-state index is -4.74. The Labute approximate surface area is 596 Å². The van der Waals surface area contributed by atoms with Crippen LogP contribution in [0, 0.1) is 5.41 Å². The first-order valence-electron chi connectivity index (χ1n) is 33.2. The van der Waals surface area contributed by atoms with E-state index >= 15 is 0 Å². The zero-order valence-electron chi connectivity index (χ0n) is 56.3. The highest BCUT2D eigenvalue weighted by molar-refractivity contribution is 8.54. The van der Waals surface area contributed by atoms with Crippen LogP contribution in [0.3, 0.4) is 0 Å². The molecule has 0 spiro atoms. The Morgan fingerprint density at radius 1 is 0.604 bits per heavy atom. The molecule has 0 radical (unpaired) electrons. The maximum atomic E-state index is 13.8. The molecular weight excluding hydrogens is 1470 g/mol. The van der Waals surface area contributed by atoms with E-state index in [1.54, 1.807) is 0 Å². The van der Waals surface area contributed by atoms with E-state index in [2.05, 4.69) is 51.8 Å². The monoisotopic (exact) mass is 1560 g/mol. The average Bonchev–Trinajstić information content (AvgIpc) is 1.64. The summed E-state index contributed by atoms with van der Waals surface area (Å²) in [6.45, 7) is -10.8. The Kier molecular flexibility index (Phi) is 30.0. The number of hydrogen-bond donors (Lipinski definition) is 9. The normalized spacial score (nSPS) is 25.1. The van der Waals surface area contributed by atoms with Gasteiger partial charge in [0.25, 0.3) is 0 Å². The number of esters is 1. The molecule has 3 aliphatic heterocycles. The largest absolute Gasteiger partial charge is 0.472 e. The second kappa shape index (κ2) is 37.4. The molecule has 6 aromatic rings. The van der Waals surface area contributed by atoms with Crippen LogP contribution >= 0.6 is 39.4 Å². The molecule has 44 heteroatoms. The summed E-state index contributed by atoms with van der Waals surface area (Å²) in [4.78, 5) is 96.0. The number of aliphatic hydroxyl groups is 2. The van der Waals surface area contributed by atoms with Crippen molar-refractivity contribution >= 4 is 120 Å². The average molecular weight is 1560 g/mol. The number of carbonyl (C=O) groups is 1. The van der Waals surface area contributed by atoms with Gasteiger partial charge in [0.2, 0.25) is 0 Å². The number of fused-ring (bicyclic) bond motifs is 3. The molecule has 9 heterocycles. The molecule has 0 bridgehead atoms. The van der Waals surface area contributed by atoms with Gasteiger partial charge in [0, 0.05) is 19.5 Å². The third-order valence-electron chi connectivity index (χ3n) is 17.0. The molecule has 0 amide bonds. The van der Waals surface area contributed by atoms with Gasteiger partial charge in [0.1, 0.15) is 91.0 Å². The Morgan fingerprint density at radius 3 is 1.64 bits per heavy atom. The van der Waals surface area contributed by atoms with Crippen LogP contribution < -0.4 is 17.2 Å². The first kappa shape index (κ1) is 81.0. The predicted octanol–water partition coefficient (Wildman–Crippen LogP) is 6.75. The lowest BCUT2D eigenvalue weighted by Crippen LogP contribution is -2.37. The van der Waals surface area contributed by atoms with Gasteiger partial charge in [-0.3, -0.25) is 41.1 Å². The van der Waals surface area contributed by atoms with Gasteiger partial charge >= 0.3 is 34.0 Å². The molecular formula is C57H91N15O22P4S3. The topological polar surface area (TPSA) is 501 Å². The molecule has 0 saturated carbocycles. The van der Waals surface area contributed by atoms with Gasteiger partial charge < -0.3 is 84.5 Å². The van der Waals surface area contributed by atoms with E-state index in [9.17, 15) is 38.6 Å². The van der Waals surface area contributed by atoms with Crippen LogP contribution in [0.4, 0.5) is 17.5 Å². The number of carbonyl (C=O) groups excluding carboxylic acids is 1. The lowest BCUT2D eigenvalue weighted by atomic mass is 9.87. The summed E-state index contributed by atoms with van der Waals surface area (Å²) in [6, 6.07) is 0. The van der Waals surface area contributed by atoms with Crippen LogP contribution in [0.5, 0.6) is 0 Å². The summed E-state index contributed by atoms with van der Waals surface area (Å²) in [7, 11) is -3.48. The number of ether oxygens (including phenoxy) is 6. The summed E-state index contributed by atoms with van der Waals surface area (Å²) < 4.78 is 107. The molecule has 37 nitrogen and oxygen atoms in total. The molecule has 10 unspecified atom stereocenters. The molecule has 0 aliphatic carbocycles. The number of phosphoric acid groups is 1. The van der Waals surface area contributed by atoms with Crippen LogP contribution in [0.25, 0.3) is 33.5 Å². The Bertz CT molecular complexity index is 3860. The Balaban J connectivity index is 0.797. The van der Waals surface area contributed by atoms with Crippen LogP contribution in [0.1, 0.15) is 142 Å². The van der Waals surface area contributed by atoms with Crippen molar-refractivity contribution in [3.8, 4) is 0 Å². The van der Waals surface area contributed by atoms with Crippen LogP contribution in [0.2, 0.25) is 0 Å². The second-order valence-corrected chi connectivity index (χ2v) is 35.8. The first-order valence-corrected chi connectivity index (χ1v) is 43.0. The van der Waals surface area contributed by atoms with Gasteiger partial charge in [-0.25, -0.2) is 54.0 Å². The number of hydrogen-bond acceptors (Lipinski definition) is 33. The maximum Gasteiger partial charge on any atom is 0.472 e. The third-order valence-corrected chi connectivity index (χ3v) is 24.1. The van der Waals surface area contributed by atoms with Crippen molar-refractivity contribution in [1.82, 2.24) is 58.6 Å². The molecule has 15 atom stereocenters. The van der Waals surface area contributed by atoms with E-state index in [1.165, 1.54) is 123 Å². The van der Waals surface area contributed by atoms with Gasteiger partial charge in [-0.15, -0.1) is 0 Å². The van der Waals surface area contributed by atoms with Crippen LogP contribution in [0.15, 0.2) is 38.0 Å². The molecule has 6 aromatic heterocycles. The number of aromatic nitrogens is 12. The van der Waals surface area contributed by atoms with Gasteiger partial charge in [0.15, 0.2) is 53.1 Å². The third kappa shape index (κ3) is 22.0. The smallest absolute Gasteiger partial charge is 0.464 e. The first-order chi connectivity index (χ1) is 48.3. The molecule has 3 fully saturated rings. The molecule has 9 rings (SSSR count). The standard InChI is InChI=1S/C57H91N15O22P4S3/c1-5-6-7-8-9-10-11-12-13-14-15-16-17-18-20-57(2,3)56(75)84-25-26-101-96(78,79)92-38-27-85-53(70-33-67-39-47(58)61-30-64-50(39)70)44(38)83-22-19-23-87-97(80,99)93-45-42(74)36(90-54(45)71-34-68-40-48(59)62-31-65-51(40)71)28-89-98(81,100)94-46-43(82-4)37(29-88-95(76,77)86-24-21-73)91-55(46)72-35-69-41-49(60)63-32-66-52(41)72/h30-38,42-46,53-55,73-74H,5-29H2,1-4H3,(H,76,77)(H,78,79)(H,80,99)(H,81,100)(H2,58,61,64)(H2,59,62,65)(H2,60,63,66)/t36-,37-,38?,42?,43?,44?,45?,46?,53-,54-,55-,97?,98?/m1/s1. The number of phosphoric ester groups is 1. The molecule has 0 aromatic carbocycles. The van der Waals surface area contributed by atoms with Gasteiger partial charge in [-0.05, 0) is 61.7 Å². The summed E-state index contributed by atoms with van der Waals surface area (Å²) >= 11 is 11.6. The number of anilines is 3. The molecule has 3 saturated heterocycles. The van der Waals surface area contributed by atoms with Crippen molar-refractivity contribution in [2.75, 3.05) is 82.9 Å². The number of nitrogen functional groups attached to an aromatic ring is 3. The van der Waals surface area contributed by atoms with Gasteiger partial charge in [0.05, 0.1) is 64.0 Å². The van der Waals surface area contributed by atoms with Crippen molar-refractivity contribution in [3.63, 3.8) is 0 Å². The highest BCUT2D eigenvalue weighted by atomic mass is 32.7. The molecule has 101 heavy (non-hydrogen) atoms. The lowest BCUT2D eigenvalue weighted by Gasteiger charge is -2.28. The van der Waals surface area contributed by atoms with Gasteiger partial charge in [-0.2, -0.15) is 0 Å². The van der Waals surface area contributed by atoms with E-state index in [-0.39, 0.29) is 89.5 Å². The van der Waals surface area contributed by atoms with E-state index in [0.29, 0.717) is 17.8 Å². The van der Waals surface area contributed by atoms with Crippen molar-refractivity contribution in [3.05, 3.63) is 38.0 Å². The zero-order valence-corrected chi connectivity index (χ0v) is 62.3. The minimum Gasteiger partial charge on any atom is -0.464 e. The number of nitrogens with zero attached hydrogens (tertiary/aromatic N) is 12. The highest BCUT2D eigenvalue weighted by Crippen LogP contribution is 2.58. The lowest BCUT2D eigenvalue weighted by molar-refractivity contribution is -0.153.